The molecule has 2 N–H and O–H groups in total. The summed E-state index contributed by atoms with van der Waals surface area (Å²) in [5.74, 6) is 1.26. The molecule has 1 fully saturated rings. The summed E-state index contributed by atoms with van der Waals surface area (Å²) in [4.78, 5) is 14.2. The first-order valence-corrected chi connectivity index (χ1v) is 9.21. The monoisotopic (exact) mass is 352 g/mol. The van der Waals surface area contributed by atoms with Gasteiger partial charge in [0.15, 0.2) is 0 Å². The topological polar surface area (TPSA) is 82.6 Å². The van der Waals surface area contributed by atoms with Crippen LogP contribution in [0.4, 0.5) is 0 Å². The van der Waals surface area contributed by atoms with Crippen LogP contribution in [0.15, 0.2) is 41.3 Å². The Labute approximate surface area is 152 Å². The van der Waals surface area contributed by atoms with Crippen molar-refractivity contribution in [3.63, 3.8) is 0 Å². The summed E-state index contributed by atoms with van der Waals surface area (Å²) < 4.78 is 1.75. The molecule has 3 aromatic rings. The van der Waals surface area contributed by atoms with Crippen molar-refractivity contribution in [1.29, 1.82) is 0 Å². The second kappa shape index (κ2) is 7.29. The van der Waals surface area contributed by atoms with E-state index in [4.69, 9.17) is 0 Å². The van der Waals surface area contributed by atoms with E-state index in [9.17, 15) is 4.79 Å². The molecule has 0 radical (unpaired) electrons. The van der Waals surface area contributed by atoms with Crippen LogP contribution in [0, 0.1) is 0 Å². The van der Waals surface area contributed by atoms with E-state index in [1.165, 1.54) is 11.1 Å². The van der Waals surface area contributed by atoms with Gasteiger partial charge >= 0.3 is 5.69 Å². The molecule has 7 heteroatoms. The van der Waals surface area contributed by atoms with E-state index < -0.39 is 0 Å². The van der Waals surface area contributed by atoms with Crippen LogP contribution < -0.4 is 5.69 Å². The van der Waals surface area contributed by atoms with E-state index >= 15 is 0 Å². The molecular formula is C19H24N6O. The molecule has 136 valence electrons. The first-order valence-electron chi connectivity index (χ1n) is 9.21. The molecule has 7 nitrogen and oxygen atoms in total. The lowest BCUT2D eigenvalue weighted by Crippen LogP contribution is -2.33. The number of nitrogens with one attached hydrogen (secondary N) is 2. The second-order valence-electron chi connectivity index (χ2n) is 6.82. The summed E-state index contributed by atoms with van der Waals surface area (Å²) in [6, 6.07) is 10.3. The predicted molar refractivity (Wildman–Crippen MR) is 99.8 cm³/mol. The molecule has 4 rings (SSSR count). The van der Waals surface area contributed by atoms with Crippen LogP contribution in [-0.2, 0) is 13.1 Å². The molecule has 0 saturated carbocycles. The van der Waals surface area contributed by atoms with E-state index in [0.717, 1.165) is 44.0 Å². The molecule has 0 amide bonds. The maximum Gasteiger partial charge on any atom is 0.343 e. The van der Waals surface area contributed by atoms with Crippen molar-refractivity contribution in [2.24, 2.45) is 0 Å². The van der Waals surface area contributed by atoms with Gasteiger partial charge in [0.1, 0.15) is 5.82 Å². The van der Waals surface area contributed by atoms with Crippen LogP contribution in [0.2, 0.25) is 0 Å². The normalized spacial score (nSPS) is 16.2. The van der Waals surface area contributed by atoms with Gasteiger partial charge in [-0.25, -0.2) is 9.89 Å². The molecule has 0 unspecified atom stereocenters. The van der Waals surface area contributed by atoms with Crippen LogP contribution in [0.25, 0.3) is 11.3 Å². The SMILES string of the molecule is CCn1c(C2CCN(Cc3cn[nH]c3-c3ccccc3)CC2)n[nH]c1=O. The zero-order valence-electron chi connectivity index (χ0n) is 15.0. The quantitative estimate of drug-likeness (QED) is 0.738. The average molecular weight is 352 g/mol. The van der Waals surface area contributed by atoms with Crippen LogP contribution >= 0.6 is 0 Å². The minimum atomic E-state index is -0.101. The van der Waals surface area contributed by atoms with Gasteiger partial charge in [-0.05, 0) is 38.4 Å². The number of aromatic nitrogens is 5. The number of nitrogens with zero attached hydrogens (tertiary/aromatic N) is 4. The lowest BCUT2D eigenvalue weighted by molar-refractivity contribution is 0.200. The van der Waals surface area contributed by atoms with Crippen LogP contribution in [0.1, 0.15) is 37.1 Å². The Bertz CT molecular complexity index is 902. The maximum absolute atomic E-state index is 11.8. The highest BCUT2D eigenvalue weighted by Crippen LogP contribution is 2.28. The maximum atomic E-state index is 11.8. The standard InChI is InChI=1S/C19H24N6O/c1-2-25-18(22-23-19(25)26)15-8-10-24(11-9-15)13-16-12-20-21-17(16)14-6-4-3-5-7-14/h3-7,12,15H,2,8-11,13H2,1H3,(H,20,21)(H,23,26). The van der Waals surface area contributed by atoms with Crippen LogP contribution in [0.5, 0.6) is 0 Å². The third-order valence-corrected chi connectivity index (χ3v) is 5.23. The van der Waals surface area contributed by atoms with E-state index in [0.29, 0.717) is 12.5 Å². The van der Waals surface area contributed by atoms with Gasteiger partial charge in [0.2, 0.25) is 0 Å². The molecule has 0 bridgehead atoms. The van der Waals surface area contributed by atoms with Crippen molar-refractivity contribution in [3.05, 3.63) is 58.4 Å². The number of aromatic amines is 2. The zero-order chi connectivity index (χ0) is 17.9. The Hall–Kier alpha value is -2.67. The molecule has 0 atom stereocenters. The van der Waals surface area contributed by atoms with Crippen molar-refractivity contribution in [2.45, 2.75) is 38.8 Å². The molecule has 0 spiro atoms. The molecule has 1 saturated heterocycles. The third-order valence-electron chi connectivity index (χ3n) is 5.23. The zero-order valence-corrected chi connectivity index (χ0v) is 15.0. The van der Waals surface area contributed by atoms with Gasteiger partial charge in [-0.2, -0.15) is 10.2 Å². The summed E-state index contributed by atoms with van der Waals surface area (Å²) in [5, 5.41) is 14.2. The molecule has 1 aliphatic rings. The van der Waals surface area contributed by atoms with Crippen molar-refractivity contribution < 1.29 is 0 Å². The molecule has 1 aliphatic heterocycles. The fourth-order valence-electron chi connectivity index (χ4n) is 3.82. The van der Waals surface area contributed by atoms with Crippen molar-refractivity contribution >= 4 is 0 Å². The Balaban J connectivity index is 1.42. The van der Waals surface area contributed by atoms with Crippen molar-refractivity contribution in [1.82, 2.24) is 29.9 Å². The van der Waals surface area contributed by atoms with Gasteiger partial charge in [0.25, 0.3) is 0 Å². The first kappa shape index (κ1) is 16.8. The van der Waals surface area contributed by atoms with Gasteiger partial charge in [-0.1, -0.05) is 30.3 Å². The van der Waals surface area contributed by atoms with Crippen LogP contribution in [0.3, 0.4) is 0 Å². The van der Waals surface area contributed by atoms with Gasteiger partial charge in [0.05, 0.1) is 11.9 Å². The number of hydrogen-bond donors (Lipinski definition) is 2. The fourth-order valence-corrected chi connectivity index (χ4v) is 3.82. The minimum Gasteiger partial charge on any atom is -0.299 e. The van der Waals surface area contributed by atoms with E-state index in [1.807, 2.05) is 31.3 Å². The molecule has 26 heavy (non-hydrogen) atoms. The highest BCUT2D eigenvalue weighted by molar-refractivity contribution is 5.62. The van der Waals surface area contributed by atoms with Gasteiger partial charge in [0, 0.05) is 24.6 Å². The lowest BCUT2D eigenvalue weighted by atomic mass is 9.95. The van der Waals surface area contributed by atoms with Gasteiger partial charge < -0.3 is 0 Å². The number of piperidine rings is 1. The number of H-pyrrole nitrogens is 2. The molecule has 0 aliphatic carbocycles. The smallest absolute Gasteiger partial charge is 0.299 e. The van der Waals surface area contributed by atoms with E-state index in [1.54, 1.807) is 4.57 Å². The molecule has 2 aromatic heterocycles. The molecule has 1 aromatic carbocycles. The Morgan fingerprint density at radius 2 is 1.92 bits per heavy atom. The van der Waals surface area contributed by atoms with Crippen LogP contribution in [-0.4, -0.2) is 43.0 Å². The summed E-state index contributed by atoms with van der Waals surface area (Å²) in [6.07, 6.45) is 3.96. The molecule has 3 heterocycles. The number of hydrogen-bond acceptors (Lipinski definition) is 4. The van der Waals surface area contributed by atoms with Gasteiger partial charge in [-0.15, -0.1) is 0 Å². The van der Waals surface area contributed by atoms with Crippen molar-refractivity contribution in [2.75, 3.05) is 13.1 Å². The fraction of sp³-hybridized carbons (Fsp3) is 0.421. The molecular weight excluding hydrogens is 328 g/mol. The summed E-state index contributed by atoms with van der Waals surface area (Å²) >= 11 is 0. The Morgan fingerprint density at radius 1 is 1.15 bits per heavy atom. The lowest BCUT2D eigenvalue weighted by Gasteiger charge is -2.31. The van der Waals surface area contributed by atoms with Crippen molar-refractivity contribution in [3.8, 4) is 11.3 Å². The first-order chi connectivity index (χ1) is 12.8. The number of likely N-dealkylation sites (tertiary alicyclic amines) is 1. The summed E-state index contributed by atoms with van der Waals surface area (Å²) in [5.41, 5.74) is 3.38. The summed E-state index contributed by atoms with van der Waals surface area (Å²) in [6.45, 7) is 5.53. The summed E-state index contributed by atoms with van der Waals surface area (Å²) in [7, 11) is 0. The Kier molecular flexibility index (Phi) is 4.71. The average Bonchev–Trinajstić information content (AvgIpc) is 3.29. The van der Waals surface area contributed by atoms with E-state index in [-0.39, 0.29) is 5.69 Å². The highest BCUT2D eigenvalue weighted by Gasteiger charge is 2.25. The third kappa shape index (κ3) is 3.22. The Morgan fingerprint density at radius 3 is 2.65 bits per heavy atom. The van der Waals surface area contributed by atoms with E-state index in [2.05, 4.69) is 37.4 Å². The number of benzene rings is 1. The minimum absolute atomic E-state index is 0.101. The second-order valence-corrected chi connectivity index (χ2v) is 6.82. The van der Waals surface area contributed by atoms with Gasteiger partial charge in [-0.3, -0.25) is 14.6 Å². The highest BCUT2D eigenvalue weighted by atomic mass is 16.1. The predicted octanol–water partition coefficient (Wildman–Crippen LogP) is 2.36. The number of rotatable bonds is 5. The largest absolute Gasteiger partial charge is 0.343 e.